The zero-order valence-corrected chi connectivity index (χ0v) is 12.7. The molecule has 0 aromatic carbocycles. The summed E-state index contributed by atoms with van der Waals surface area (Å²) in [5, 5.41) is 10.5. The van der Waals surface area contributed by atoms with Crippen molar-refractivity contribution >= 4 is 5.91 Å². The van der Waals surface area contributed by atoms with E-state index in [0.29, 0.717) is 12.6 Å². The highest BCUT2D eigenvalue weighted by Gasteiger charge is 2.45. The van der Waals surface area contributed by atoms with Crippen molar-refractivity contribution in [2.75, 3.05) is 46.6 Å². The first kappa shape index (κ1) is 15.2. The number of methoxy groups -OCH3 is 1. The first-order valence-electron chi connectivity index (χ1n) is 7.99. The minimum atomic E-state index is -0.421. The maximum Gasteiger partial charge on any atom is 0.248 e. The average Bonchev–Trinajstić information content (AvgIpc) is 2.52. The van der Waals surface area contributed by atoms with Crippen molar-refractivity contribution in [2.45, 2.75) is 37.5 Å². The number of amides is 1. The molecule has 4 atom stereocenters. The topological polar surface area (TPSA) is 62.2 Å². The molecular weight excluding hydrogens is 272 g/mol. The van der Waals surface area contributed by atoms with Crippen molar-refractivity contribution in [2.24, 2.45) is 5.92 Å². The van der Waals surface area contributed by atoms with Gasteiger partial charge in [-0.1, -0.05) is 0 Å². The third kappa shape index (κ3) is 3.08. The molecule has 120 valence electrons. The number of rotatable bonds is 3. The van der Waals surface area contributed by atoms with Gasteiger partial charge in [-0.3, -0.25) is 9.69 Å². The highest BCUT2D eigenvalue weighted by atomic mass is 16.5. The minimum Gasteiger partial charge on any atom is -0.391 e. The largest absolute Gasteiger partial charge is 0.391 e. The molecule has 2 heterocycles. The third-order valence-electron chi connectivity index (χ3n) is 5.26. The number of likely N-dealkylation sites (tertiary alicyclic amines) is 1. The van der Waals surface area contributed by atoms with E-state index in [2.05, 4.69) is 4.90 Å². The number of morpholine rings is 1. The molecule has 21 heavy (non-hydrogen) atoms. The van der Waals surface area contributed by atoms with Crippen LogP contribution in [0.3, 0.4) is 0 Å². The average molecular weight is 298 g/mol. The first-order valence-corrected chi connectivity index (χ1v) is 7.99. The lowest BCUT2D eigenvalue weighted by Gasteiger charge is -2.52. The molecule has 2 bridgehead atoms. The Morgan fingerprint density at radius 2 is 2.10 bits per heavy atom. The van der Waals surface area contributed by atoms with Crippen LogP contribution in [-0.4, -0.2) is 85.6 Å². The molecule has 1 amide bonds. The maximum atomic E-state index is 12.1. The minimum absolute atomic E-state index is 0.00447. The van der Waals surface area contributed by atoms with Gasteiger partial charge in [0.2, 0.25) is 5.91 Å². The zero-order valence-electron chi connectivity index (χ0n) is 12.7. The summed E-state index contributed by atoms with van der Waals surface area (Å²) in [6.07, 6.45) is 2.58. The summed E-state index contributed by atoms with van der Waals surface area (Å²) in [4.78, 5) is 16.4. The molecule has 1 N–H and O–H groups in total. The SMILES string of the molecule is COCC(=O)N1C[C@H](O)[C@H]2C[C@@H]1CC[C@H]2N1CCOCC1. The van der Waals surface area contributed by atoms with Crippen LogP contribution < -0.4 is 0 Å². The lowest BCUT2D eigenvalue weighted by molar-refractivity contribution is -0.150. The number of carbonyl (C=O) groups excluding carboxylic acids is 1. The van der Waals surface area contributed by atoms with Crippen LogP contribution in [0.1, 0.15) is 19.3 Å². The van der Waals surface area contributed by atoms with Crippen molar-refractivity contribution < 1.29 is 19.4 Å². The number of carbonyl (C=O) groups is 1. The number of piperidine rings is 1. The molecule has 1 aliphatic carbocycles. The fourth-order valence-corrected chi connectivity index (χ4v) is 4.22. The Morgan fingerprint density at radius 3 is 2.81 bits per heavy atom. The predicted molar refractivity (Wildman–Crippen MR) is 76.9 cm³/mol. The quantitative estimate of drug-likeness (QED) is 0.775. The summed E-state index contributed by atoms with van der Waals surface area (Å²) >= 11 is 0. The summed E-state index contributed by atoms with van der Waals surface area (Å²) in [6, 6.07) is 0.721. The molecule has 2 saturated heterocycles. The molecule has 1 saturated carbocycles. The lowest BCUT2D eigenvalue weighted by Crippen LogP contribution is -2.62. The smallest absolute Gasteiger partial charge is 0.248 e. The van der Waals surface area contributed by atoms with Crippen LogP contribution in [0, 0.1) is 5.92 Å². The summed E-state index contributed by atoms with van der Waals surface area (Å²) in [5.74, 6) is 0.290. The zero-order chi connectivity index (χ0) is 14.8. The van der Waals surface area contributed by atoms with Crippen LogP contribution in [0.4, 0.5) is 0 Å². The van der Waals surface area contributed by atoms with Crippen molar-refractivity contribution in [3.05, 3.63) is 0 Å². The van der Waals surface area contributed by atoms with Gasteiger partial charge in [-0.15, -0.1) is 0 Å². The Morgan fingerprint density at radius 1 is 1.33 bits per heavy atom. The predicted octanol–water partition coefficient (Wildman–Crippen LogP) is -0.295. The van der Waals surface area contributed by atoms with Crippen LogP contribution in [-0.2, 0) is 14.3 Å². The number of β-amino-alcohol motifs (C(OH)–C–C–N with tert-alkyl or cyclic N) is 1. The van der Waals surface area contributed by atoms with Gasteiger partial charge in [-0.05, 0) is 19.3 Å². The summed E-state index contributed by atoms with van der Waals surface area (Å²) in [6.45, 7) is 4.08. The van der Waals surface area contributed by atoms with E-state index < -0.39 is 6.10 Å². The van der Waals surface area contributed by atoms with Crippen LogP contribution in [0.2, 0.25) is 0 Å². The second kappa shape index (κ2) is 6.60. The van der Waals surface area contributed by atoms with Crippen LogP contribution >= 0.6 is 0 Å². The van der Waals surface area contributed by atoms with Crippen LogP contribution in [0.5, 0.6) is 0 Å². The third-order valence-corrected chi connectivity index (χ3v) is 5.26. The molecule has 3 aliphatic rings. The van der Waals surface area contributed by atoms with E-state index in [0.717, 1.165) is 45.6 Å². The van der Waals surface area contributed by atoms with E-state index >= 15 is 0 Å². The molecule has 6 heteroatoms. The Kier molecular flexibility index (Phi) is 4.78. The Balaban J connectivity index is 1.66. The van der Waals surface area contributed by atoms with E-state index in [-0.39, 0.29) is 24.5 Å². The van der Waals surface area contributed by atoms with Crippen LogP contribution in [0.25, 0.3) is 0 Å². The molecule has 0 radical (unpaired) electrons. The van der Waals surface area contributed by atoms with Gasteiger partial charge in [-0.2, -0.15) is 0 Å². The molecule has 0 aromatic heterocycles. The van der Waals surface area contributed by atoms with Crippen molar-refractivity contribution in [3.8, 4) is 0 Å². The van der Waals surface area contributed by atoms with Gasteiger partial charge in [0.05, 0.1) is 19.3 Å². The second-order valence-electron chi connectivity index (χ2n) is 6.39. The van der Waals surface area contributed by atoms with Gasteiger partial charge in [0, 0.05) is 44.7 Å². The standard InChI is InChI=1S/C15H26N2O4/c1-20-10-15(19)17-9-14(18)12-8-11(17)2-3-13(12)16-4-6-21-7-5-16/h11-14,18H,2-10H2,1H3/t11-,12-,13+,14-/m0/s1. The van der Waals surface area contributed by atoms with Crippen molar-refractivity contribution in [1.29, 1.82) is 0 Å². The van der Waals surface area contributed by atoms with Crippen molar-refractivity contribution in [1.82, 2.24) is 9.80 Å². The lowest BCUT2D eigenvalue weighted by atomic mass is 9.74. The van der Waals surface area contributed by atoms with Crippen LogP contribution in [0.15, 0.2) is 0 Å². The highest BCUT2D eigenvalue weighted by Crippen LogP contribution is 2.38. The number of aliphatic hydroxyl groups excluding tert-OH is 1. The maximum absolute atomic E-state index is 12.1. The number of aliphatic hydroxyl groups is 1. The summed E-state index contributed by atoms with van der Waals surface area (Å²) in [7, 11) is 1.54. The highest BCUT2D eigenvalue weighted by molar-refractivity contribution is 5.78. The van der Waals surface area contributed by atoms with E-state index in [1.807, 2.05) is 4.90 Å². The summed E-state index contributed by atoms with van der Waals surface area (Å²) < 4.78 is 10.4. The first-order chi connectivity index (χ1) is 10.2. The van der Waals surface area contributed by atoms with Gasteiger partial charge in [0.25, 0.3) is 0 Å². The molecule has 0 spiro atoms. The molecular formula is C15H26N2O4. The number of hydrogen-bond donors (Lipinski definition) is 1. The van der Waals surface area contributed by atoms with Gasteiger partial charge >= 0.3 is 0 Å². The van der Waals surface area contributed by atoms with Gasteiger partial charge in [0.15, 0.2) is 0 Å². The molecule has 3 fully saturated rings. The fraction of sp³-hybridized carbons (Fsp3) is 0.933. The molecule has 0 aromatic rings. The summed E-state index contributed by atoms with van der Waals surface area (Å²) in [5.41, 5.74) is 0. The Bertz CT molecular complexity index is 373. The fourth-order valence-electron chi connectivity index (χ4n) is 4.22. The Hall–Kier alpha value is -0.690. The van der Waals surface area contributed by atoms with E-state index in [1.54, 1.807) is 0 Å². The van der Waals surface area contributed by atoms with E-state index in [1.165, 1.54) is 7.11 Å². The molecule has 3 rings (SSSR count). The molecule has 0 unspecified atom stereocenters. The molecule has 6 nitrogen and oxygen atoms in total. The van der Waals surface area contributed by atoms with Gasteiger partial charge in [-0.25, -0.2) is 0 Å². The van der Waals surface area contributed by atoms with Gasteiger partial charge in [0.1, 0.15) is 6.61 Å². The van der Waals surface area contributed by atoms with Crippen molar-refractivity contribution in [3.63, 3.8) is 0 Å². The number of ether oxygens (including phenoxy) is 2. The monoisotopic (exact) mass is 298 g/mol. The number of nitrogens with zero attached hydrogens (tertiary/aromatic N) is 2. The normalized spacial score (nSPS) is 37.5. The van der Waals surface area contributed by atoms with E-state index in [9.17, 15) is 9.90 Å². The Labute approximate surface area is 126 Å². The second-order valence-corrected chi connectivity index (χ2v) is 6.39. The number of fused-ring (bicyclic) bond motifs is 2. The van der Waals surface area contributed by atoms with Gasteiger partial charge < -0.3 is 19.5 Å². The van der Waals surface area contributed by atoms with E-state index in [4.69, 9.17) is 9.47 Å². The molecule has 2 aliphatic heterocycles. The number of hydrogen-bond acceptors (Lipinski definition) is 5.